The number of rotatable bonds is 4. The van der Waals surface area contributed by atoms with Crippen LogP contribution in [0.25, 0.3) is 0 Å². The van der Waals surface area contributed by atoms with E-state index in [0.29, 0.717) is 6.54 Å². The summed E-state index contributed by atoms with van der Waals surface area (Å²) in [6, 6.07) is 0. The minimum atomic E-state index is 0.0143. The summed E-state index contributed by atoms with van der Waals surface area (Å²) in [6.45, 7) is 7.30. The molecule has 2 rings (SSSR count). The maximum atomic E-state index is 10.8. The molecule has 2 N–H and O–H groups in total. The number of hydrogen-bond acceptors (Lipinski definition) is 3. The van der Waals surface area contributed by atoms with Gasteiger partial charge < -0.3 is 15.2 Å². The number of amides is 1. The van der Waals surface area contributed by atoms with Crippen molar-refractivity contribution in [3.8, 4) is 0 Å². The van der Waals surface area contributed by atoms with Gasteiger partial charge in [-0.15, -0.1) is 0 Å². The van der Waals surface area contributed by atoms with E-state index >= 15 is 0 Å². The fourth-order valence-electron chi connectivity index (χ4n) is 2.39. The Morgan fingerprint density at radius 3 is 3.18 bits per heavy atom. The molecule has 0 radical (unpaired) electrons. The monoisotopic (exact) mass is 236 g/mol. The molecule has 5 heteroatoms. The van der Waals surface area contributed by atoms with E-state index in [9.17, 15) is 4.79 Å². The Balaban J connectivity index is 2.03. The Labute approximate surface area is 102 Å². The molecule has 17 heavy (non-hydrogen) atoms. The van der Waals surface area contributed by atoms with Crippen LogP contribution in [-0.2, 0) is 16.8 Å². The summed E-state index contributed by atoms with van der Waals surface area (Å²) in [7, 11) is 0. The fourth-order valence-corrected chi connectivity index (χ4v) is 2.39. The third-order valence-corrected chi connectivity index (χ3v) is 3.43. The lowest BCUT2D eigenvalue weighted by Crippen LogP contribution is -2.30. The Bertz CT molecular complexity index is 393. The molecule has 0 aromatic carbocycles. The van der Waals surface area contributed by atoms with E-state index in [2.05, 4.69) is 27.1 Å². The van der Waals surface area contributed by atoms with Crippen molar-refractivity contribution in [2.24, 2.45) is 0 Å². The predicted octanol–water partition coefficient (Wildman–Crippen LogP) is 0.270. The zero-order valence-corrected chi connectivity index (χ0v) is 10.5. The van der Waals surface area contributed by atoms with Crippen LogP contribution in [0.1, 0.15) is 26.0 Å². The molecule has 1 aromatic rings. The molecule has 0 saturated carbocycles. The molecule has 1 fully saturated rings. The summed E-state index contributed by atoms with van der Waals surface area (Å²) in [5.41, 5.74) is 1.43. The molecule has 1 amide bonds. The quantitative estimate of drug-likeness (QED) is 0.789. The minimum absolute atomic E-state index is 0.0143. The van der Waals surface area contributed by atoms with Crippen LogP contribution >= 0.6 is 0 Å². The van der Waals surface area contributed by atoms with Crippen LogP contribution in [0.5, 0.6) is 0 Å². The average Bonchev–Trinajstić information content (AvgIpc) is 2.87. The first kappa shape index (κ1) is 12.1. The number of hydrogen-bond donors (Lipinski definition) is 2. The van der Waals surface area contributed by atoms with Gasteiger partial charge in [0.15, 0.2) is 0 Å². The van der Waals surface area contributed by atoms with E-state index in [-0.39, 0.29) is 11.3 Å². The number of imidazole rings is 1. The largest absolute Gasteiger partial charge is 0.355 e. The molecule has 1 atom stereocenters. The number of aromatic nitrogens is 2. The van der Waals surface area contributed by atoms with Gasteiger partial charge in [0.25, 0.3) is 0 Å². The molecule has 1 aliphatic rings. The van der Waals surface area contributed by atoms with Gasteiger partial charge in [-0.05, 0) is 13.0 Å². The minimum Gasteiger partial charge on any atom is -0.355 e. The Morgan fingerprint density at radius 2 is 2.53 bits per heavy atom. The van der Waals surface area contributed by atoms with Gasteiger partial charge in [0.1, 0.15) is 0 Å². The SMILES string of the molecule is CC(=O)NCCn1cncc1C1(C)CCNC1. The fraction of sp³-hybridized carbons (Fsp3) is 0.667. The molecular formula is C12H20N4O. The predicted molar refractivity (Wildman–Crippen MR) is 65.7 cm³/mol. The first-order chi connectivity index (χ1) is 8.12. The lowest BCUT2D eigenvalue weighted by Gasteiger charge is -2.24. The molecule has 0 bridgehead atoms. The molecular weight excluding hydrogens is 216 g/mol. The normalized spacial score (nSPS) is 23.9. The van der Waals surface area contributed by atoms with Crippen molar-refractivity contribution in [2.75, 3.05) is 19.6 Å². The smallest absolute Gasteiger partial charge is 0.216 e. The van der Waals surface area contributed by atoms with Crippen molar-refractivity contribution in [1.29, 1.82) is 0 Å². The van der Waals surface area contributed by atoms with Gasteiger partial charge in [0.2, 0.25) is 5.91 Å². The van der Waals surface area contributed by atoms with Crippen LogP contribution in [0.15, 0.2) is 12.5 Å². The van der Waals surface area contributed by atoms with E-state index in [4.69, 9.17) is 0 Å². The first-order valence-electron chi connectivity index (χ1n) is 6.07. The van der Waals surface area contributed by atoms with E-state index in [0.717, 1.165) is 26.1 Å². The Kier molecular flexibility index (Phi) is 3.47. The number of carbonyl (C=O) groups is 1. The van der Waals surface area contributed by atoms with E-state index in [1.807, 2.05) is 12.5 Å². The van der Waals surface area contributed by atoms with Crippen molar-refractivity contribution in [3.05, 3.63) is 18.2 Å². The lowest BCUT2D eigenvalue weighted by atomic mass is 9.86. The molecule has 0 aliphatic carbocycles. The zero-order valence-electron chi connectivity index (χ0n) is 10.5. The van der Waals surface area contributed by atoms with Crippen LogP contribution < -0.4 is 10.6 Å². The lowest BCUT2D eigenvalue weighted by molar-refractivity contribution is -0.118. The van der Waals surface area contributed by atoms with Gasteiger partial charge in [-0.25, -0.2) is 4.98 Å². The average molecular weight is 236 g/mol. The standard InChI is InChI=1S/C12H20N4O/c1-10(17)15-5-6-16-9-14-7-11(16)12(2)3-4-13-8-12/h7,9,13H,3-6,8H2,1-2H3,(H,15,17). The van der Waals surface area contributed by atoms with Gasteiger partial charge in [0.05, 0.1) is 6.33 Å². The molecule has 5 nitrogen and oxygen atoms in total. The van der Waals surface area contributed by atoms with Crippen molar-refractivity contribution >= 4 is 5.91 Å². The highest BCUT2D eigenvalue weighted by Crippen LogP contribution is 2.29. The second-order valence-electron chi connectivity index (χ2n) is 4.94. The van der Waals surface area contributed by atoms with Crippen molar-refractivity contribution in [3.63, 3.8) is 0 Å². The van der Waals surface area contributed by atoms with Gasteiger partial charge in [-0.2, -0.15) is 0 Å². The van der Waals surface area contributed by atoms with Gasteiger partial charge >= 0.3 is 0 Å². The van der Waals surface area contributed by atoms with E-state index in [1.165, 1.54) is 12.6 Å². The highest BCUT2D eigenvalue weighted by Gasteiger charge is 2.33. The van der Waals surface area contributed by atoms with Gasteiger partial charge in [-0.3, -0.25) is 4.79 Å². The second kappa shape index (κ2) is 4.87. The van der Waals surface area contributed by atoms with Gasteiger partial charge in [0, 0.05) is 43.9 Å². The van der Waals surface area contributed by atoms with Crippen LogP contribution in [-0.4, -0.2) is 35.1 Å². The molecule has 0 spiro atoms. The summed E-state index contributed by atoms with van der Waals surface area (Å²) in [4.78, 5) is 15.1. The molecule has 1 unspecified atom stereocenters. The zero-order chi connectivity index (χ0) is 12.3. The molecule has 2 heterocycles. The van der Waals surface area contributed by atoms with Crippen LogP contribution in [0.2, 0.25) is 0 Å². The molecule has 1 aromatic heterocycles. The van der Waals surface area contributed by atoms with Crippen LogP contribution in [0.4, 0.5) is 0 Å². The maximum absolute atomic E-state index is 10.8. The van der Waals surface area contributed by atoms with E-state index < -0.39 is 0 Å². The Hall–Kier alpha value is -1.36. The summed E-state index contributed by atoms with van der Waals surface area (Å²) in [6.07, 6.45) is 4.93. The Morgan fingerprint density at radius 1 is 1.71 bits per heavy atom. The second-order valence-corrected chi connectivity index (χ2v) is 4.94. The van der Waals surface area contributed by atoms with Crippen LogP contribution in [0, 0.1) is 0 Å². The molecule has 1 saturated heterocycles. The van der Waals surface area contributed by atoms with E-state index in [1.54, 1.807) is 0 Å². The van der Waals surface area contributed by atoms with Gasteiger partial charge in [-0.1, -0.05) is 6.92 Å². The summed E-state index contributed by atoms with van der Waals surface area (Å²) in [5, 5.41) is 6.20. The topological polar surface area (TPSA) is 59.0 Å². The molecule has 94 valence electrons. The molecule has 1 aliphatic heterocycles. The third kappa shape index (κ3) is 2.66. The van der Waals surface area contributed by atoms with Crippen molar-refractivity contribution in [1.82, 2.24) is 20.2 Å². The highest BCUT2D eigenvalue weighted by atomic mass is 16.1. The summed E-state index contributed by atoms with van der Waals surface area (Å²) >= 11 is 0. The number of nitrogens with one attached hydrogen (secondary N) is 2. The van der Waals surface area contributed by atoms with Crippen molar-refractivity contribution < 1.29 is 4.79 Å². The third-order valence-electron chi connectivity index (χ3n) is 3.43. The summed E-state index contributed by atoms with van der Waals surface area (Å²) in [5.74, 6) is 0.0143. The number of nitrogens with zero attached hydrogens (tertiary/aromatic N) is 2. The number of carbonyl (C=O) groups excluding carboxylic acids is 1. The summed E-state index contributed by atoms with van der Waals surface area (Å²) < 4.78 is 2.14. The maximum Gasteiger partial charge on any atom is 0.216 e. The highest BCUT2D eigenvalue weighted by molar-refractivity contribution is 5.72. The first-order valence-corrected chi connectivity index (χ1v) is 6.07. The van der Waals surface area contributed by atoms with Crippen molar-refractivity contribution in [2.45, 2.75) is 32.2 Å². The van der Waals surface area contributed by atoms with Crippen LogP contribution in [0.3, 0.4) is 0 Å².